The van der Waals surface area contributed by atoms with Crippen LogP contribution in [0.4, 0.5) is 0 Å². The van der Waals surface area contributed by atoms with Gasteiger partial charge in [-0.2, -0.15) is 11.8 Å². The third-order valence-corrected chi connectivity index (χ3v) is 4.66. The Kier molecular flexibility index (Phi) is 8.25. The largest absolute Gasteiger partial charge is 0.494 e. The maximum absolute atomic E-state index is 11.8. The molecule has 0 fully saturated rings. The first-order valence-corrected chi connectivity index (χ1v) is 9.48. The number of carbonyl (C=O) groups is 1. The molecule has 0 aliphatic rings. The minimum atomic E-state index is 0.100. The van der Waals surface area contributed by atoms with Crippen LogP contribution in [0.15, 0.2) is 54.6 Å². The van der Waals surface area contributed by atoms with Crippen molar-refractivity contribution in [1.29, 1.82) is 0 Å². The Bertz CT molecular complexity index is 616. The summed E-state index contributed by atoms with van der Waals surface area (Å²) in [5, 5.41) is 2.97. The lowest BCUT2D eigenvalue weighted by Gasteiger charge is -2.08. The maximum Gasteiger partial charge on any atom is 0.220 e. The summed E-state index contributed by atoms with van der Waals surface area (Å²) in [7, 11) is 0. The predicted molar refractivity (Wildman–Crippen MR) is 102 cm³/mol. The zero-order chi connectivity index (χ0) is 17.0. The Labute approximate surface area is 148 Å². The normalized spacial score (nSPS) is 10.4. The summed E-state index contributed by atoms with van der Waals surface area (Å²) in [6.07, 6.45) is 1.24. The van der Waals surface area contributed by atoms with E-state index in [9.17, 15) is 4.79 Å². The molecule has 128 valence electrons. The number of hydrogen-bond donors (Lipinski definition) is 1. The molecule has 0 aromatic heterocycles. The van der Waals surface area contributed by atoms with Crippen molar-refractivity contribution in [3.05, 3.63) is 65.7 Å². The maximum atomic E-state index is 11.8. The number of hydrogen-bond acceptors (Lipinski definition) is 3. The number of carbonyl (C=O) groups excluding carboxylic acids is 1. The molecule has 0 aliphatic carbocycles. The van der Waals surface area contributed by atoms with E-state index in [1.807, 2.05) is 42.1 Å². The molecule has 2 rings (SSSR count). The van der Waals surface area contributed by atoms with Crippen LogP contribution in [-0.2, 0) is 10.5 Å². The number of thioether (sulfide) groups is 1. The Morgan fingerprint density at radius 2 is 1.83 bits per heavy atom. The number of aryl methyl sites for hydroxylation is 1. The van der Waals surface area contributed by atoms with Crippen molar-refractivity contribution >= 4 is 17.7 Å². The second kappa shape index (κ2) is 10.8. The van der Waals surface area contributed by atoms with Crippen LogP contribution >= 0.6 is 11.8 Å². The molecule has 0 heterocycles. The van der Waals surface area contributed by atoms with Crippen LogP contribution in [0.5, 0.6) is 5.75 Å². The zero-order valence-corrected chi connectivity index (χ0v) is 15.0. The Morgan fingerprint density at radius 3 is 2.62 bits per heavy atom. The van der Waals surface area contributed by atoms with E-state index in [1.54, 1.807) is 0 Å². The molecule has 2 aromatic carbocycles. The van der Waals surface area contributed by atoms with Crippen molar-refractivity contribution < 1.29 is 9.53 Å². The van der Waals surface area contributed by atoms with E-state index in [2.05, 4.69) is 36.5 Å². The molecule has 24 heavy (non-hydrogen) atoms. The summed E-state index contributed by atoms with van der Waals surface area (Å²) >= 11 is 1.85. The minimum Gasteiger partial charge on any atom is -0.494 e. The molecule has 1 amide bonds. The lowest BCUT2D eigenvalue weighted by Crippen LogP contribution is -2.25. The predicted octanol–water partition coefficient (Wildman–Crippen LogP) is 4.20. The zero-order valence-electron chi connectivity index (χ0n) is 14.2. The minimum absolute atomic E-state index is 0.100. The fourth-order valence-electron chi connectivity index (χ4n) is 2.24. The average Bonchev–Trinajstić information content (AvgIpc) is 2.61. The molecule has 0 radical (unpaired) electrons. The highest BCUT2D eigenvalue weighted by Crippen LogP contribution is 2.15. The third kappa shape index (κ3) is 7.09. The summed E-state index contributed by atoms with van der Waals surface area (Å²) in [4.78, 5) is 11.8. The summed E-state index contributed by atoms with van der Waals surface area (Å²) in [6.45, 7) is 3.42. The topological polar surface area (TPSA) is 38.3 Å². The molecular formula is C20H25NO2S. The summed E-state index contributed by atoms with van der Waals surface area (Å²) in [5.41, 5.74) is 2.69. The summed E-state index contributed by atoms with van der Waals surface area (Å²) in [5.74, 6) is 2.88. The summed E-state index contributed by atoms with van der Waals surface area (Å²) < 4.78 is 5.58. The summed E-state index contributed by atoms with van der Waals surface area (Å²) in [6, 6.07) is 18.1. The molecule has 0 atom stereocenters. The van der Waals surface area contributed by atoms with Crippen LogP contribution < -0.4 is 10.1 Å². The average molecular weight is 343 g/mol. The first-order chi connectivity index (χ1) is 11.8. The van der Waals surface area contributed by atoms with Crippen molar-refractivity contribution in [2.24, 2.45) is 0 Å². The van der Waals surface area contributed by atoms with E-state index in [0.29, 0.717) is 13.0 Å². The van der Waals surface area contributed by atoms with Gasteiger partial charge in [0.15, 0.2) is 0 Å². The number of para-hydroxylation sites is 1. The molecular weight excluding hydrogens is 318 g/mol. The standard InChI is InChI=1S/C20H25NO2S/c1-17-8-5-6-9-18(17)16-24-15-13-21-20(22)12-7-14-23-19-10-3-2-4-11-19/h2-6,8-11H,7,12-16H2,1H3,(H,21,22). The van der Waals surface area contributed by atoms with Gasteiger partial charge in [-0.3, -0.25) is 4.79 Å². The first-order valence-electron chi connectivity index (χ1n) is 8.32. The molecule has 1 N–H and O–H groups in total. The van der Waals surface area contributed by atoms with Gasteiger partial charge in [0.1, 0.15) is 5.75 Å². The molecule has 0 spiro atoms. The van der Waals surface area contributed by atoms with Crippen molar-refractivity contribution in [2.45, 2.75) is 25.5 Å². The lowest BCUT2D eigenvalue weighted by molar-refractivity contribution is -0.121. The second-order valence-corrected chi connectivity index (χ2v) is 6.70. The van der Waals surface area contributed by atoms with Gasteiger partial charge in [0.25, 0.3) is 0 Å². The van der Waals surface area contributed by atoms with Crippen molar-refractivity contribution in [3.63, 3.8) is 0 Å². The van der Waals surface area contributed by atoms with Gasteiger partial charge in [0.2, 0.25) is 5.91 Å². The number of amides is 1. The Hall–Kier alpha value is -1.94. The van der Waals surface area contributed by atoms with Crippen LogP contribution in [0.1, 0.15) is 24.0 Å². The molecule has 0 saturated heterocycles. The number of benzene rings is 2. The van der Waals surface area contributed by atoms with E-state index in [1.165, 1.54) is 11.1 Å². The van der Waals surface area contributed by atoms with Gasteiger partial charge < -0.3 is 10.1 Å². The van der Waals surface area contributed by atoms with Gasteiger partial charge in [-0.05, 0) is 36.6 Å². The molecule has 3 nitrogen and oxygen atoms in total. The fourth-order valence-corrected chi connectivity index (χ4v) is 3.18. The smallest absolute Gasteiger partial charge is 0.220 e. The highest BCUT2D eigenvalue weighted by Gasteiger charge is 2.02. The SMILES string of the molecule is Cc1ccccc1CSCCNC(=O)CCCOc1ccccc1. The molecule has 4 heteroatoms. The van der Waals surface area contributed by atoms with E-state index in [-0.39, 0.29) is 5.91 Å². The second-order valence-electron chi connectivity index (χ2n) is 5.59. The van der Waals surface area contributed by atoms with Crippen molar-refractivity contribution in [2.75, 3.05) is 18.9 Å². The number of nitrogens with one attached hydrogen (secondary N) is 1. The van der Waals surface area contributed by atoms with Crippen molar-refractivity contribution in [3.8, 4) is 5.75 Å². The fraction of sp³-hybridized carbons (Fsp3) is 0.350. The molecule has 0 saturated carbocycles. The van der Waals surface area contributed by atoms with Gasteiger partial charge in [-0.1, -0.05) is 42.5 Å². The molecule has 2 aromatic rings. The van der Waals surface area contributed by atoms with Gasteiger partial charge in [0.05, 0.1) is 6.61 Å². The van der Waals surface area contributed by atoms with E-state index >= 15 is 0 Å². The monoisotopic (exact) mass is 343 g/mol. The quantitative estimate of drug-likeness (QED) is 0.657. The Morgan fingerprint density at radius 1 is 1.08 bits per heavy atom. The van der Waals surface area contributed by atoms with Gasteiger partial charge in [-0.25, -0.2) is 0 Å². The molecule has 0 bridgehead atoms. The number of ether oxygens (including phenoxy) is 1. The van der Waals surface area contributed by atoms with Crippen LogP contribution in [0, 0.1) is 6.92 Å². The molecule has 0 aliphatic heterocycles. The first kappa shape index (κ1) is 18.4. The Balaban J connectivity index is 1.48. The van der Waals surface area contributed by atoms with Crippen LogP contribution in [0.3, 0.4) is 0 Å². The molecule has 0 unspecified atom stereocenters. The van der Waals surface area contributed by atoms with Crippen LogP contribution in [0.2, 0.25) is 0 Å². The van der Waals surface area contributed by atoms with Crippen LogP contribution in [0.25, 0.3) is 0 Å². The number of rotatable bonds is 10. The van der Waals surface area contributed by atoms with Crippen LogP contribution in [-0.4, -0.2) is 24.8 Å². The van der Waals surface area contributed by atoms with Gasteiger partial charge in [0, 0.05) is 24.5 Å². The van der Waals surface area contributed by atoms with Crippen molar-refractivity contribution in [1.82, 2.24) is 5.32 Å². The van der Waals surface area contributed by atoms with E-state index in [4.69, 9.17) is 4.74 Å². The van der Waals surface area contributed by atoms with Gasteiger partial charge >= 0.3 is 0 Å². The van der Waals surface area contributed by atoms with Gasteiger partial charge in [-0.15, -0.1) is 0 Å². The lowest BCUT2D eigenvalue weighted by atomic mass is 10.1. The van der Waals surface area contributed by atoms with E-state index < -0.39 is 0 Å². The highest BCUT2D eigenvalue weighted by atomic mass is 32.2. The third-order valence-electron chi connectivity index (χ3n) is 3.65. The van der Waals surface area contributed by atoms with E-state index in [0.717, 1.165) is 30.2 Å². The highest BCUT2D eigenvalue weighted by molar-refractivity contribution is 7.98.